The summed E-state index contributed by atoms with van der Waals surface area (Å²) < 4.78 is 1.79. The van der Waals surface area contributed by atoms with Gasteiger partial charge in [-0.25, -0.2) is 9.67 Å². The summed E-state index contributed by atoms with van der Waals surface area (Å²) in [5.41, 5.74) is 1.86. The molecule has 1 N–H and O–H groups in total. The minimum absolute atomic E-state index is 0.437. The lowest BCUT2D eigenvalue weighted by atomic mass is 10.1. The van der Waals surface area contributed by atoms with E-state index in [2.05, 4.69) is 10.1 Å². The molecule has 1 aromatic carbocycles. The van der Waals surface area contributed by atoms with E-state index in [4.69, 9.17) is 0 Å². The summed E-state index contributed by atoms with van der Waals surface area (Å²) in [7, 11) is 0. The third-order valence-electron chi connectivity index (χ3n) is 2.49. The highest BCUT2D eigenvalue weighted by Gasteiger charge is 2.06. The van der Waals surface area contributed by atoms with Crippen LogP contribution in [-0.2, 0) is 0 Å². The fourth-order valence-electron chi connectivity index (χ4n) is 1.66. The molecular weight excluding hydrogens is 202 g/mol. The van der Waals surface area contributed by atoms with Crippen molar-refractivity contribution >= 4 is 0 Å². The summed E-state index contributed by atoms with van der Waals surface area (Å²) in [6.07, 6.45) is -0.437. The van der Waals surface area contributed by atoms with Gasteiger partial charge in [0.25, 0.3) is 0 Å². The van der Waals surface area contributed by atoms with Gasteiger partial charge in [-0.05, 0) is 38.5 Å². The van der Waals surface area contributed by atoms with Crippen molar-refractivity contribution < 1.29 is 5.11 Å². The van der Waals surface area contributed by atoms with E-state index in [1.807, 2.05) is 38.1 Å². The number of aliphatic hydroxyl groups is 1. The van der Waals surface area contributed by atoms with Crippen molar-refractivity contribution in [1.29, 1.82) is 0 Å². The second-order valence-electron chi connectivity index (χ2n) is 3.89. The number of aryl methyl sites for hydroxylation is 2. The first-order chi connectivity index (χ1) is 7.58. The first-order valence-electron chi connectivity index (χ1n) is 5.26. The predicted octanol–water partition coefficient (Wildman–Crippen LogP) is 1.94. The van der Waals surface area contributed by atoms with Crippen molar-refractivity contribution in [3.8, 4) is 5.69 Å². The van der Waals surface area contributed by atoms with Gasteiger partial charge >= 0.3 is 0 Å². The number of aliphatic hydroxyl groups excluding tert-OH is 1. The molecule has 0 saturated carbocycles. The van der Waals surface area contributed by atoms with Gasteiger partial charge in [0.1, 0.15) is 11.6 Å². The van der Waals surface area contributed by atoms with Gasteiger partial charge in [-0.2, -0.15) is 5.10 Å². The monoisotopic (exact) mass is 217 g/mol. The number of hydrogen-bond acceptors (Lipinski definition) is 3. The van der Waals surface area contributed by atoms with Gasteiger partial charge < -0.3 is 5.11 Å². The molecule has 0 unspecified atom stereocenters. The molecule has 0 aliphatic heterocycles. The van der Waals surface area contributed by atoms with E-state index in [1.165, 1.54) is 0 Å². The van der Waals surface area contributed by atoms with Crippen LogP contribution in [-0.4, -0.2) is 19.9 Å². The summed E-state index contributed by atoms with van der Waals surface area (Å²) in [5.74, 6) is 1.62. The maximum Gasteiger partial charge on any atom is 0.148 e. The topological polar surface area (TPSA) is 50.9 Å². The van der Waals surface area contributed by atoms with Gasteiger partial charge in [0.15, 0.2) is 0 Å². The van der Waals surface area contributed by atoms with E-state index in [0.717, 1.165) is 22.9 Å². The second kappa shape index (κ2) is 4.06. The summed E-state index contributed by atoms with van der Waals surface area (Å²) in [4.78, 5) is 4.25. The molecule has 1 atom stereocenters. The lowest BCUT2D eigenvalue weighted by Gasteiger charge is -2.06. The van der Waals surface area contributed by atoms with Crippen molar-refractivity contribution in [1.82, 2.24) is 14.8 Å². The molecule has 4 nitrogen and oxygen atoms in total. The SMILES string of the molecule is Cc1nc(C)n(-c2ccc([C@@H](C)O)cc2)n1. The zero-order valence-corrected chi connectivity index (χ0v) is 9.68. The number of hydrogen-bond donors (Lipinski definition) is 1. The number of aromatic nitrogens is 3. The molecule has 4 heteroatoms. The lowest BCUT2D eigenvalue weighted by Crippen LogP contribution is -2.00. The number of nitrogens with zero attached hydrogens (tertiary/aromatic N) is 3. The van der Waals surface area contributed by atoms with E-state index >= 15 is 0 Å². The number of benzene rings is 1. The van der Waals surface area contributed by atoms with Crippen LogP contribution in [0.3, 0.4) is 0 Å². The smallest absolute Gasteiger partial charge is 0.148 e. The van der Waals surface area contributed by atoms with Crippen molar-refractivity contribution in [2.24, 2.45) is 0 Å². The van der Waals surface area contributed by atoms with Crippen LogP contribution >= 0.6 is 0 Å². The molecule has 0 radical (unpaired) electrons. The Morgan fingerprint density at radius 2 is 1.81 bits per heavy atom. The Morgan fingerprint density at radius 3 is 2.25 bits per heavy atom. The standard InChI is InChI=1S/C12H15N3O/c1-8(16)11-4-6-12(7-5-11)15-10(3)13-9(2)14-15/h4-8,16H,1-3H3/t8-/m1/s1. The fourth-order valence-corrected chi connectivity index (χ4v) is 1.66. The molecule has 0 aliphatic carbocycles. The molecule has 0 aliphatic rings. The van der Waals surface area contributed by atoms with E-state index < -0.39 is 6.10 Å². The van der Waals surface area contributed by atoms with Crippen LogP contribution in [0.1, 0.15) is 30.2 Å². The zero-order chi connectivity index (χ0) is 11.7. The molecule has 84 valence electrons. The fraction of sp³-hybridized carbons (Fsp3) is 0.333. The Kier molecular flexibility index (Phi) is 2.75. The Hall–Kier alpha value is -1.68. The quantitative estimate of drug-likeness (QED) is 0.836. The molecule has 1 aromatic heterocycles. The highest BCUT2D eigenvalue weighted by Crippen LogP contribution is 2.15. The first kappa shape index (κ1) is 10.8. The molecule has 0 saturated heterocycles. The predicted molar refractivity (Wildman–Crippen MR) is 61.5 cm³/mol. The Labute approximate surface area is 94.6 Å². The maximum atomic E-state index is 9.41. The molecular formula is C12H15N3O. The first-order valence-corrected chi connectivity index (χ1v) is 5.26. The molecule has 0 amide bonds. The van der Waals surface area contributed by atoms with E-state index in [1.54, 1.807) is 11.6 Å². The normalized spacial score (nSPS) is 12.8. The van der Waals surface area contributed by atoms with Crippen molar-refractivity contribution in [3.63, 3.8) is 0 Å². The van der Waals surface area contributed by atoms with Crippen LogP contribution < -0.4 is 0 Å². The average Bonchev–Trinajstić information content (AvgIpc) is 2.58. The van der Waals surface area contributed by atoms with Crippen LogP contribution in [0.4, 0.5) is 0 Å². The second-order valence-corrected chi connectivity index (χ2v) is 3.89. The molecule has 0 fully saturated rings. The number of rotatable bonds is 2. The lowest BCUT2D eigenvalue weighted by molar-refractivity contribution is 0.199. The van der Waals surface area contributed by atoms with Crippen LogP contribution in [0.5, 0.6) is 0 Å². The highest BCUT2D eigenvalue weighted by molar-refractivity contribution is 5.35. The van der Waals surface area contributed by atoms with Gasteiger partial charge in [0.05, 0.1) is 11.8 Å². The van der Waals surface area contributed by atoms with Crippen molar-refractivity contribution in [3.05, 3.63) is 41.5 Å². The summed E-state index contributed by atoms with van der Waals surface area (Å²) >= 11 is 0. The van der Waals surface area contributed by atoms with Gasteiger partial charge in [0, 0.05) is 0 Å². The maximum absolute atomic E-state index is 9.41. The largest absolute Gasteiger partial charge is 0.389 e. The van der Waals surface area contributed by atoms with Crippen LogP contribution in [0.2, 0.25) is 0 Å². The van der Waals surface area contributed by atoms with Crippen LogP contribution in [0.25, 0.3) is 5.69 Å². The minimum atomic E-state index is -0.437. The van der Waals surface area contributed by atoms with Crippen LogP contribution in [0.15, 0.2) is 24.3 Å². The summed E-state index contributed by atoms with van der Waals surface area (Å²) in [6, 6.07) is 7.67. The zero-order valence-electron chi connectivity index (χ0n) is 9.68. The Bertz CT molecular complexity index is 485. The molecule has 0 bridgehead atoms. The van der Waals surface area contributed by atoms with E-state index in [9.17, 15) is 5.11 Å². The molecule has 16 heavy (non-hydrogen) atoms. The van der Waals surface area contributed by atoms with Gasteiger partial charge in [-0.3, -0.25) is 0 Å². The van der Waals surface area contributed by atoms with Gasteiger partial charge in [-0.15, -0.1) is 0 Å². The average molecular weight is 217 g/mol. The Balaban J connectivity index is 2.38. The van der Waals surface area contributed by atoms with Crippen molar-refractivity contribution in [2.45, 2.75) is 26.9 Å². The molecule has 1 heterocycles. The van der Waals surface area contributed by atoms with E-state index in [-0.39, 0.29) is 0 Å². The summed E-state index contributed by atoms with van der Waals surface area (Å²) in [5, 5.41) is 13.7. The third-order valence-corrected chi connectivity index (χ3v) is 2.49. The molecule has 0 spiro atoms. The van der Waals surface area contributed by atoms with Crippen LogP contribution in [0, 0.1) is 13.8 Å². The Morgan fingerprint density at radius 1 is 1.19 bits per heavy atom. The van der Waals surface area contributed by atoms with Crippen molar-refractivity contribution in [2.75, 3.05) is 0 Å². The van der Waals surface area contributed by atoms with E-state index in [0.29, 0.717) is 0 Å². The molecule has 2 aromatic rings. The van der Waals surface area contributed by atoms with Gasteiger partial charge in [-0.1, -0.05) is 12.1 Å². The highest BCUT2D eigenvalue weighted by atomic mass is 16.3. The third kappa shape index (κ3) is 1.97. The summed E-state index contributed by atoms with van der Waals surface area (Å²) in [6.45, 7) is 5.54. The van der Waals surface area contributed by atoms with Gasteiger partial charge in [0.2, 0.25) is 0 Å². The minimum Gasteiger partial charge on any atom is -0.389 e. The molecule has 2 rings (SSSR count).